The Morgan fingerprint density at radius 3 is 2.35 bits per heavy atom. The maximum Gasteiger partial charge on any atom is 0.373 e. The van der Waals surface area contributed by atoms with Gasteiger partial charge in [0.05, 0.1) is 5.69 Å². The van der Waals surface area contributed by atoms with E-state index in [2.05, 4.69) is 10.1 Å². The normalized spacial score (nSPS) is 10.5. The van der Waals surface area contributed by atoms with Crippen LogP contribution >= 0.6 is 23.2 Å². The van der Waals surface area contributed by atoms with E-state index >= 15 is 0 Å². The summed E-state index contributed by atoms with van der Waals surface area (Å²) in [5, 5.41) is 12.9. The second-order valence-corrected chi connectivity index (χ2v) is 4.00. The minimum atomic E-state index is -1.33. The smallest absolute Gasteiger partial charge is 0.373 e. The number of hydrogen-bond acceptors (Lipinski definition) is 3. The van der Waals surface area contributed by atoms with Crippen molar-refractivity contribution in [2.75, 3.05) is 0 Å². The lowest BCUT2D eigenvalue weighted by Crippen LogP contribution is -2.15. The number of hydrogen-bond donors (Lipinski definition) is 2. The number of nitrogens with zero attached hydrogens (tertiary/aromatic N) is 2. The molecule has 0 spiro atoms. The lowest BCUT2D eigenvalue weighted by atomic mass is 10.3. The molecular weight excluding hydrogens is 269 g/mol. The van der Waals surface area contributed by atoms with Crippen molar-refractivity contribution in [1.29, 1.82) is 0 Å². The minimum Gasteiger partial charge on any atom is -0.475 e. The topological polar surface area (TPSA) is 88.0 Å². The lowest BCUT2D eigenvalue weighted by Gasteiger charge is -2.00. The second-order valence-electron chi connectivity index (χ2n) is 3.12. The molecule has 0 aliphatic carbocycles. The molecular formula is C9H5Cl2N3O3. The van der Waals surface area contributed by atoms with E-state index in [9.17, 15) is 9.59 Å². The predicted octanol–water partition coefficient (Wildman–Crippen LogP) is 1.57. The third-order valence-electron chi connectivity index (χ3n) is 1.91. The standard InChI is InChI=1S/C9H5Cl2N3O3/c10-4-1-5(11)3-6(2-4)14-9(17)12-7(13-14)8(15)16/h1-3H,(H,15,16)(H,12,13,17). The largest absolute Gasteiger partial charge is 0.475 e. The van der Waals surface area contributed by atoms with E-state index in [-0.39, 0.29) is 5.69 Å². The molecule has 0 atom stereocenters. The summed E-state index contributed by atoms with van der Waals surface area (Å²) in [4.78, 5) is 24.2. The Hall–Kier alpha value is -1.79. The van der Waals surface area contributed by atoms with Gasteiger partial charge in [0, 0.05) is 10.0 Å². The van der Waals surface area contributed by atoms with E-state index in [1.54, 1.807) is 0 Å². The van der Waals surface area contributed by atoms with E-state index in [1.165, 1.54) is 18.2 Å². The van der Waals surface area contributed by atoms with Crippen LogP contribution in [0.25, 0.3) is 5.69 Å². The summed E-state index contributed by atoms with van der Waals surface area (Å²) < 4.78 is 0.876. The summed E-state index contributed by atoms with van der Waals surface area (Å²) in [6, 6.07) is 4.38. The second kappa shape index (κ2) is 4.23. The molecule has 0 saturated heterocycles. The third-order valence-corrected chi connectivity index (χ3v) is 2.35. The molecule has 0 bridgehead atoms. The third kappa shape index (κ3) is 2.32. The molecule has 0 fully saturated rings. The number of aromatic carboxylic acids is 1. The fourth-order valence-corrected chi connectivity index (χ4v) is 1.77. The first-order chi connectivity index (χ1) is 7.97. The molecule has 8 heteroatoms. The first-order valence-corrected chi connectivity index (χ1v) is 5.12. The van der Waals surface area contributed by atoms with Crippen molar-refractivity contribution in [3.8, 4) is 5.69 Å². The monoisotopic (exact) mass is 273 g/mol. The highest BCUT2D eigenvalue weighted by Gasteiger charge is 2.13. The van der Waals surface area contributed by atoms with Gasteiger partial charge < -0.3 is 5.11 Å². The fraction of sp³-hybridized carbons (Fsp3) is 0. The molecule has 0 radical (unpaired) electrons. The minimum absolute atomic E-state index is 0.288. The Bertz CT molecular complexity index is 627. The Balaban J connectivity index is 2.60. The zero-order chi connectivity index (χ0) is 12.6. The van der Waals surface area contributed by atoms with Crippen molar-refractivity contribution >= 4 is 29.2 Å². The molecule has 0 aliphatic heterocycles. The van der Waals surface area contributed by atoms with Crippen molar-refractivity contribution < 1.29 is 9.90 Å². The average Bonchev–Trinajstić information content (AvgIpc) is 2.59. The van der Waals surface area contributed by atoms with E-state index < -0.39 is 17.5 Å². The van der Waals surface area contributed by atoms with Gasteiger partial charge in [-0.2, -0.15) is 4.68 Å². The van der Waals surface area contributed by atoms with Crippen molar-refractivity contribution in [2.24, 2.45) is 0 Å². The van der Waals surface area contributed by atoms with Crippen LogP contribution in [0, 0.1) is 0 Å². The highest BCUT2D eigenvalue weighted by Crippen LogP contribution is 2.20. The summed E-state index contributed by atoms with van der Waals surface area (Å²) in [5.74, 6) is -1.78. The van der Waals surface area contributed by atoms with Crippen LogP contribution in [0.15, 0.2) is 23.0 Å². The number of nitrogens with one attached hydrogen (secondary N) is 1. The van der Waals surface area contributed by atoms with Crippen molar-refractivity contribution in [3.63, 3.8) is 0 Å². The highest BCUT2D eigenvalue weighted by molar-refractivity contribution is 6.34. The molecule has 0 saturated carbocycles. The summed E-state index contributed by atoms with van der Waals surface area (Å²) in [6.45, 7) is 0. The van der Waals surface area contributed by atoms with Gasteiger partial charge in [0.2, 0.25) is 5.82 Å². The number of aromatic amines is 1. The number of carbonyl (C=O) groups is 1. The Kier molecular flexibility index (Phi) is 2.91. The summed E-state index contributed by atoms with van der Waals surface area (Å²) in [5.41, 5.74) is -0.392. The highest BCUT2D eigenvalue weighted by atomic mass is 35.5. The zero-order valence-corrected chi connectivity index (χ0v) is 9.66. The number of carboxylic acids is 1. The van der Waals surface area contributed by atoms with Gasteiger partial charge in [-0.1, -0.05) is 23.2 Å². The number of benzene rings is 1. The number of carboxylic acid groups (broad SMARTS) is 1. The van der Waals surface area contributed by atoms with Gasteiger partial charge in [0.15, 0.2) is 0 Å². The molecule has 0 amide bonds. The summed E-state index contributed by atoms with van der Waals surface area (Å²) in [7, 11) is 0. The quantitative estimate of drug-likeness (QED) is 0.869. The number of rotatable bonds is 2. The Morgan fingerprint density at radius 2 is 1.88 bits per heavy atom. The van der Waals surface area contributed by atoms with Gasteiger partial charge in [-0.15, -0.1) is 5.10 Å². The van der Waals surface area contributed by atoms with Gasteiger partial charge >= 0.3 is 11.7 Å². The SMILES string of the molecule is O=C(O)c1nn(-c2cc(Cl)cc(Cl)c2)c(=O)[nH]1. The van der Waals surface area contributed by atoms with Crippen LogP contribution in [0.2, 0.25) is 10.0 Å². The van der Waals surface area contributed by atoms with Gasteiger partial charge in [-0.05, 0) is 18.2 Å². The average molecular weight is 274 g/mol. The molecule has 1 aromatic heterocycles. The summed E-state index contributed by atoms with van der Waals surface area (Å²) >= 11 is 11.5. The molecule has 2 aromatic rings. The molecule has 1 aromatic carbocycles. The Morgan fingerprint density at radius 1 is 1.29 bits per heavy atom. The van der Waals surface area contributed by atoms with Crippen LogP contribution in [-0.4, -0.2) is 25.8 Å². The molecule has 0 aliphatic rings. The summed E-state index contributed by atoms with van der Waals surface area (Å²) in [6.07, 6.45) is 0. The van der Waals surface area contributed by atoms with Crippen molar-refractivity contribution in [2.45, 2.75) is 0 Å². The molecule has 88 valence electrons. The molecule has 0 unspecified atom stereocenters. The van der Waals surface area contributed by atoms with Crippen LogP contribution in [0.3, 0.4) is 0 Å². The molecule has 1 heterocycles. The van der Waals surface area contributed by atoms with Gasteiger partial charge in [0.1, 0.15) is 0 Å². The Labute approximate surface area is 104 Å². The fourth-order valence-electron chi connectivity index (χ4n) is 1.26. The molecule has 2 rings (SSSR count). The maximum atomic E-state index is 11.5. The van der Waals surface area contributed by atoms with Gasteiger partial charge in [0.25, 0.3) is 0 Å². The maximum absolute atomic E-state index is 11.5. The number of aromatic nitrogens is 3. The van der Waals surface area contributed by atoms with Crippen molar-refractivity contribution in [1.82, 2.24) is 14.8 Å². The van der Waals surface area contributed by atoms with Gasteiger partial charge in [-0.25, -0.2) is 9.59 Å². The molecule has 2 N–H and O–H groups in total. The van der Waals surface area contributed by atoms with E-state index in [0.29, 0.717) is 10.0 Å². The first kappa shape index (κ1) is 11.7. The van der Waals surface area contributed by atoms with Crippen LogP contribution in [0.4, 0.5) is 0 Å². The van der Waals surface area contributed by atoms with Crippen LogP contribution < -0.4 is 5.69 Å². The lowest BCUT2D eigenvalue weighted by molar-refractivity contribution is 0.0683. The van der Waals surface area contributed by atoms with Crippen LogP contribution in [0.1, 0.15) is 10.6 Å². The van der Waals surface area contributed by atoms with E-state index in [4.69, 9.17) is 28.3 Å². The van der Waals surface area contributed by atoms with Crippen LogP contribution in [0.5, 0.6) is 0 Å². The molecule has 17 heavy (non-hydrogen) atoms. The predicted molar refractivity (Wildman–Crippen MR) is 61.2 cm³/mol. The van der Waals surface area contributed by atoms with Crippen molar-refractivity contribution in [3.05, 3.63) is 44.6 Å². The zero-order valence-electron chi connectivity index (χ0n) is 8.15. The van der Waals surface area contributed by atoms with E-state index in [1.807, 2.05) is 0 Å². The number of halogens is 2. The number of H-pyrrole nitrogens is 1. The van der Waals surface area contributed by atoms with Crippen LogP contribution in [-0.2, 0) is 0 Å². The first-order valence-electron chi connectivity index (χ1n) is 4.36. The van der Waals surface area contributed by atoms with E-state index in [0.717, 1.165) is 4.68 Å². The van der Waals surface area contributed by atoms with Gasteiger partial charge in [-0.3, -0.25) is 4.98 Å². The molecule has 6 nitrogen and oxygen atoms in total.